The highest BCUT2D eigenvalue weighted by Crippen LogP contribution is 2.49. The fourth-order valence-electron chi connectivity index (χ4n) is 1.55. The second kappa shape index (κ2) is 2.34. The molecule has 1 aromatic heterocycles. The molecule has 0 unspecified atom stereocenters. The van der Waals surface area contributed by atoms with Gasteiger partial charge >= 0.3 is 0 Å². The highest BCUT2D eigenvalue weighted by molar-refractivity contribution is 5.21. The van der Waals surface area contributed by atoms with Crippen molar-refractivity contribution in [2.75, 3.05) is 6.54 Å². The van der Waals surface area contributed by atoms with Crippen molar-refractivity contribution in [2.24, 2.45) is 5.73 Å². The lowest BCUT2D eigenvalue weighted by molar-refractivity contribution is 0.400. The van der Waals surface area contributed by atoms with Crippen molar-refractivity contribution < 1.29 is 4.52 Å². The highest BCUT2D eigenvalue weighted by atomic mass is 16.5. The van der Waals surface area contributed by atoms with Crippen molar-refractivity contribution in [2.45, 2.75) is 24.7 Å². The van der Waals surface area contributed by atoms with Crippen molar-refractivity contribution in [3.63, 3.8) is 0 Å². The Bertz CT molecular complexity index is 226. The maximum absolute atomic E-state index is 5.50. The Morgan fingerprint density at radius 2 is 2.45 bits per heavy atom. The van der Waals surface area contributed by atoms with E-state index in [1.807, 2.05) is 6.07 Å². The number of hydrogen-bond donors (Lipinski definition) is 1. The SMILES string of the molecule is NCCC1(c2ccon2)CC1. The summed E-state index contributed by atoms with van der Waals surface area (Å²) in [6.07, 6.45) is 5.11. The van der Waals surface area contributed by atoms with Gasteiger partial charge in [-0.3, -0.25) is 0 Å². The molecule has 0 spiro atoms. The quantitative estimate of drug-likeness (QED) is 0.704. The van der Waals surface area contributed by atoms with Gasteiger partial charge in [0.25, 0.3) is 0 Å². The summed E-state index contributed by atoms with van der Waals surface area (Å²) >= 11 is 0. The van der Waals surface area contributed by atoms with Crippen LogP contribution in [0, 0.1) is 0 Å². The molecule has 1 aromatic rings. The van der Waals surface area contributed by atoms with Gasteiger partial charge in [0.2, 0.25) is 0 Å². The van der Waals surface area contributed by atoms with Crippen molar-refractivity contribution in [1.82, 2.24) is 5.16 Å². The van der Waals surface area contributed by atoms with Crippen molar-refractivity contribution in [3.05, 3.63) is 18.0 Å². The molecule has 0 aliphatic heterocycles. The molecule has 0 saturated heterocycles. The van der Waals surface area contributed by atoms with Crippen LogP contribution in [0.5, 0.6) is 0 Å². The Labute approximate surface area is 65.6 Å². The van der Waals surface area contributed by atoms with Crippen molar-refractivity contribution in [1.29, 1.82) is 0 Å². The van der Waals surface area contributed by atoms with Gasteiger partial charge in [-0.2, -0.15) is 0 Å². The van der Waals surface area contributed by atoms with Crippen LogP contribution in [0.2, 0.25) is 0 Å². The first-order chi connectivity index (χ1) is 5.37. The molecule has 0 amide bonds. The summed E-state index contributed by atoms with van der Waals surface area (Å²) in [6.45, 7) is 0.743. The molecule has 0 atom stereocenters. The lowest BCUT2D eigenvalue weighted by atomic mass is 9.99. The van der Waals surface area contributed by atoms with Crippen molar-refractivity contribution >= 4 is 0 Å². The molecule has 0 bridgehead atoms. The van der Waals surface area contributed by atoms with Crippen LogP contribution < -0.4 is 5.73 Å². The average Bonchev–Trinajstić information content (AvgIpc) is 2.63. The first kappa shape index (κ1) is 6.85. The monoisotopic (exact) mass is 152 g/mol. The van der Waals surface area contributed by atoms with E-state index < -0.39 is 0 Å². The molecule has 0 radical (unpaired) electrons. The number of nitrogens with two attached hydrogens (primary N) is 1. The molecule has 1 aliphatic rings. The fourth-order valence-corrected chi connectivity index (χ4v) is 1.55. The van der Waals surface area contributed by atoms with Gasteiger partial charge in [-0.15, -0.1) is 0 Å². The maximum atomic E-state index is 5.50. The molecule has 1 saturated carbocycles. The van der Waals surface area contributed by atoms with Crippen LogP contribution in [0.25, 0.3) is 0 Å². The largest absolute Gasteiger partial charge is 0.364 e. The zero-order valence-corrected chi connectivity index (χ0v) is 6.42. The van der Waals surface area contributed by atoms with Crippen LogP contribution in [0.1, 0.15) is 25.0 Å². The van der Waals surface area contributed by atoms with E-state index in [-0.39, 0.29) is 0 Å². The Hall–Kier alpha value is -0.830. The average molecular weight is 152 g/mol. The molecule has 1 heterocycles. The van der Waals surface area contributed by atoms with E-state index in [1.54, 1.807) is 6.26 Å². The Balaban J connectivity index is 2.15. The predicted octanol–water partition coefficient (Wildman–Crippen LogP) is 1.06. The Morgan fingerprint density at radius 3 is 2.91 bits per heavy atom. The van der Waals surface area contributed by atoms with Crippen LogP contribution in [-0.2, 0) is 5.41 Å². The fraction of sp³-hybridized carbons (Fsp3) is 0.625. The molecule has 0 aromatic carbocycles. The molecular weight excluding hydrogens is 140 g/mol. The van der Waals surface area contributed by atoms with E-state index in [4.69, 9.17) is 10.3 Å². The number of aromatic nitrogens is 1. The van der Waals surface area contributed by atoms with E-state index in [0.717, 1.165) is 18.7 Å². The van der Waals surface area contributed by atoms with Gasteiger partial charge in [-0.25, -0.2) is 0 Å². The second-order valence-corrected chi connectivity index (χ2v) is 3.20. The number of hydrogen-bond acceptors (Lipinski definition) is 3. The van der Waals surface area contributed by atoms with Gasteiger partial charge in [-0.1, -0.05) is 5.16 Å². The van der Waals surface area contributed by atoms with E-state index in [0.29, 0.717) is 5.41 Å². The van der Waals surface area contributed by atoms with Gasteiger partial charge in [0.15, 0.2) is 0 Å². The molecule has 2 rings (SSSR count). The van der Waals surface area contributed by atoms with E-state index >= 15 is 0 Å². The van der Waals surface area contributed by atoms with Crippen LogP contribution in [0.15, 0.2) is 16.9 Å². The van der Waals surface area contributed by atoms with Crippen molar-refractivity contribution in [3.8, 4) is 0 Å². The Kier molecular flexibility index (Phi) is 1.46. The number of rotatable bonds is 3. The van der Waals surface area contributed by atoms with Gasteiger partial charge < -0.3 is 10.3 Å². The minimum atomic E-state index is 0.293. The molecule has 2 N–H and O–H groups in total. The third-order valence-corrected chi connectivity index (χ3v) is 2.46. The zero-order valence-electron chi connectivity index (χ0n) is 6.42. The van der Waals surface area contributed by atoms with Gasteiger partial charge in [0, 0.05) is 11.5 Å². The standard InChI is InChI=1S/C8H12N2O/c9-5-4-8(2-3-8)7-1-6-11-10-7/h1,6H,2-5,9H2. The van der Waals surface area contributed by atoms with Gasteiger partial charge in [0.1, 0.15) is 6.26 Å². The minimum absolute atomic E-state index is 0.293. The second-order valence-electron chi connectivity index (χ2n) is 3.20. The molecule has 3 heteroatoms. The van der Waals surface area contributed by atoms with Gasteiger partial charge in [0.05, 0.1) is 5.69 Å². The summed E-state index contributed by atoms with van der Waals surface area (Å²) in [5.74, 6) is 0. The topological polar surface area (TPSA) is 52.0 Å². The smallest absolute Gasteiger partial charge is 0.124 e. The minimum Gasteiger partial charge on any atom is -0.364 e. The lowest BCUT2D eigenvalue weighted by Crippen LogP contribution is -2.13. The first-order valence-corrected chi connectivity index (χ1v) is 3.98. The highest BCUT2D eigenvalue weighted by Gasteiger charge is 2.45. The van der Waals surface area contributed by atoms with Crippen LogP contribution >= 0.6 is 0 Å². The van der Waals surface area contributed by atoms with Crippen LogP contribution in [0.4, 0.5) is 0 Å². The lowest BCUT2D eigenvalue weighted by Gasteiger charge is -2.07. The summed E-state index contributed by atoms with van der Waals surface area (Å²) in [5.41, 5.74) is 6.88. The zero-order chi connectivity index (χ0) is 7.73. The molecular formula is C8H12N2O. The summed E-state index contributed by atoms with van der Waals surface area (Å²) in [5, 5.41) is 3.94. The maximum Gasteiger partial charge on any atom is 0.124 e. The molecule has 60 valence electrons. The summed E-state index contributed by atoms with van der Waals surface area (Å²) in [4.78, 5) is 0. The third-order valence-electron chi connectivity index (χ3n) is 2.46. The molecule has 1 aliphatic carbocycles. The molecule has 3 nitrogen and oxygen atoms in total. The third kappa shape index (κ3) is 1.05. The first-order valence-electron chi connectivity index (χ1n) is 3.98. The molecule has 11 heavy (non-hydrogen) atoms. The summed E-state index contributed by atoms with van der Waals surface area (Å²) in [6, 6.07) is 1.95. The Morgan fingerprint density at radius 1 is 1.64 bits per heavy atom. The summed E-state index contributed by atoms with van der Waals surface area (Å²) < 4.78 is 4.80. The van der Waals surface area contributed by atoms with Gasteiger partial charge in [-0.05, 0) is 25.8 Å². The van der Waals surface area contributed by atoms with E-state index in [9.17, 15) is 0 Å². The summed E-state index contributed by atoms with van der Waals surface area (Å²) in [7, 11) is 0. The number of nitrogens with zero attached hydrogens (tertiary/aromatic N) is 1. The van der Waals surface area contributed by atoms with Crippen LogP contribution in [0.3, 0.4) is 0 Å². The van der Waals surface area contributed by atoms with E-state index in [1.165, 1.54) is 12.8 Å². The molecule has 1 fully saturated rings. The predicted molar refractivity (Wildman–Crippen MR) is 41.1 cm³/mol. The normalized spacial score (nSPS) is 20.1. The van der Waals surface area contributed by atoms with Crippen LogP contribution in [-0.4, -0.2) is 11.7 Å². The van der Waals surface area contributed by atoms with E-state index in [2.05, 4.69) is 5.16 Å².